The van der Waals surface area contributed by atoms with Crippen LogP contribution in [0.2, 0.25) is 10.0 Å². The molecule has 0 N–H and O–H groups in total. The van der Waals surface area contributed by atoms with Crippen molar-refractivity contribution in [2.75, 3.05) is 13.2 Å². The number of aryl methyl sites for hydroxylation is 1. The topological polar surface area (TPSA) is 34.5 Å². The van der Waals surface area contributed by atoms with Crippen molar-refractivity contribution in [1.82, 2.24) is 9.47 Å². The second-order valence-corrected chi connectivity index (χ2v) is 9.68. The Morgan fingerprint density at radius 3 is 2.76 bits per heavy atom. The van der Waals surface area contributed by atoms with Crippen LogP contribution in [0.25, 0.3) is 11.8 Å². The molecule has 0 spiro atoms. The van der Waals surface area contributed by atoms with Gasteiger partial charge in [-0.1, -0.05) is 47.2 Å². The van der Waals surface area contributed by atoms with Gasteiger partial charge in [-0.2, -0.15) is 0 Å². The van der Waals surface area contributed by atoms with Crippen LogP contribution in [0.5, 0.6) is 0 Å². The highest BCUT2D eigenvalue weighted by Crippen LogP contribution is 2.35. The van der Waals surface area contributed by atoms with Crippen LogP contribution in [0.15, 0.2) is 29.2 Å². The molecule has 29 heavy (non-hydrogen) atoms. The molecule has 1 aromatic carbocycles. The second-order valence-electron chi connectivity index (χ2n) is 7.19. The van der Waals surface area contributed by atoms with E-state index in [0.717, 1.165) is 42.1 Å². The van der Waals surface area contributed by atoms with Crippen LogP contribution in [-0.4, -0.2) is 39.0 Å². The minimum Gasteiger partial charge on any atom is -0.376 e. The maximum atomic E-state index is 12.9. The number of carbonyl (C=O) groups is 1. The van der Waals surface area contributed by atoms with Gasteiger partial charge in [-0.25, -0.2) is 0 Å². The van der Waals surface area contributed by atoms with E-state index < -0.39 is 0 Å². The molecule has 8 heteroatoms. The lowest BCUT2D eigenvalue weighted by atomic mass is 10.2. The van der Waals surface area contributed by atoms with E-state index >= 15 is 0 Å². The highest BCUT2D eigenvalue weighted by Gasteiger charge is 2.34. The number of aromatic nitrogens is 1. The van der Waals surface area contributed by atoms with Gasteiger partial charge in [0.25, 0.3) is 5.91 Å². The van der Waals surface area contributed by atoms with E-state index in [4.69, 9.17) is 40.2 Å². The summed E-state index contributed by atoms with van der Waals surface area (Å²) in [7, 11) is 0. The van der Waals surface area contributed by atoms with E-state index in [9.17, 15) is 4.79 Å². The number of hydrogen-bond donors (Lipinski definition) is 0. The van der Waals surface area contributed by atoms with Crippen LogP contribution >= 0.6 is 47.2 Å². The molecule has 2 aliphatic rings. The van der Waals surface area contributed by atoms with Gasteiger partial charge in [0, 0.05) is 23.7 Å². The molecule has 2 fully saturated rings. The summed E-state index contributed by atoms with van der Waals surface area (Å²) < 4.78 is 8.36. The molecule has 4 nitrogen and oxygen atoms in total. The summed E-state index contributed by atoms with van der Waals surface area (Å²) in [5, 5.41) is 1.03. The Labute approximate surface area is 189 Å². The Hall–Kier alpha value is -1.31. The first kappa shape index (κ1) is 20.9. The SMILES string of the molecule is Cc1cc(/C=C2\SC(=S)N(C[C@@H]3CCCO3)C2=O)c(C)n1-c1ccc(Cl)c(Cl)c1. The number of thioether (sulfide) groups is 1. The molecule has 0 unspecified atom stereocenters. The summed E-state index contributed by atoms with van der Waals surface area (Å²) in [4.78, 5) is 15.2. The molecule has 2 aromatic rings. The Bertz CT molecular complexity index is 1030. The summed E-state index contributed by atoms with van der Waals surface area (Å²) in [6.45, 7) is 5.34. The van der Waals surface area contributed by atoms with Crippen LogP contribution < -0.4 is 0 Å². The lowest BCUT2D eigenvalue weighted by Gasteiger charge is -2.18. The lowest BCUT2D eigenvalue weighted by molar-refractivity contribution is -0.123. The normalized spacial score (nSPS) is 21.0. The number of nitrogens with zero attached hydrogens (tertiary/aromatic N) is 2. The van der Waals surface area contributed by atoms with Gasteiger partial charge in [0.1, 0.15) is 4.32 Å². The smallest absolute Gasteiger partial charge is 0.266 e. The van der Waals surface area contributed by atoms with Gasteiger partial charge in [0.2, 0.25) is 0 Å². The van der Waals surface area contributed by atoms with Gasteiger partial charge < -0.3 is 9.30 Å². The minimum atomic E-state index is -0.0464. The minimum absolute atomic E-state index is 0.0464. The number of carbonyl (C=O) groups excluding carboxylic acids is 1. The summed E-state index contributed by atoms with van der Waals surface area (Å²) in [6.07, 6.45) is 4.01. The summed E-state index contributed by atoms with van der Waals surface area (Å²) in [6, 6.07) is 7.62. The quantitative estimate of drug-likeness (QED) is 0.422. The largest absolute Gasteiger partial charge is 0.376 e. The zero-order chi connectivity index (χ0) is 20.7. The molecule has 0 radical (unpaired) electrons. The Morgan fingerprint density at radius 1 is 1.28 bits per heavy atom. The zero-order valence-corrected chi connectivity index (χ0v) is 19.2. The van der Waals surface area contributed by atoms with E-state index in [2.05, 4.69) is 10.6 Å². The average molecular weight is 467 g/mol. The zero-order valence-electron chi connectivity index (χ0n) is 16.1. The lowest BCUT2D eigenvalue weighted by Crippen LogP contribution is -2.35. The molecule has 2 saturated heterocycles. The highest BCUT2D eigenvalue weighted by atomic mass is 35.5. The molecular weight excluding hydrogens is 447 g/mol. The molecule has 4 rings (SSSR count). The number of thiocarbonyl (C=S) groups is 1. The Kier molecular flexibility index (Phi) is 6.09. The van der Waals surface area contributed by atoms with E-state index in [-0.39, 0.29) is 12.0 Å². The van der Waals surface area contributed by atoms with Crippen LogP contribution in [0, 0.1) is 13.8 Å². The number of amides is 1. The molecule has 3 heterocycles. The predicted octanol–water partition coefficient (Wildman–Crippen LogP) is 5.78. The number of hydrogen-bond acceptors (Lipinski definition) is 4. The van der Waals surface area contributed by atoms with E-state index in [0.29, 0.717) is 25.8 Å². The summed E-state index contributed by atoms with van der Waals surface area (Å²) in [5.41, 5.74) is 3.97. The van der Waals surface area contributed by atoms with Crippen molar-refractivity contribution in [1.29, 1.82) is 0 Å². The molecule has 152 valence electrons. The van der Waals surface area contributed by atoms with Crippen molar-refractivity contribution in [3.8, 4) is 5.69 Å². The fourth-order valence-corrected chi connectivity index (χ4v) is 5.30. The maximum Gasteiger partial charge on any atom is 0.266 e. The molecule has 1 aromatic heterocycles. The van der Waals surface area contributed by atoms with Crippen molar-refractivity contribution < 1.29 is 9.53 Å². The summed E-state index contributed by atoms with van der Waals surface area (Å²) in [5.74, 6) is -0.0464. The van der Waals surface area contributed by atoms with Gasteiger partial charge in [0.15, 0.2) is 0 Å². The second kappa shape index (κ2) is 8.44. The van der Waals surface area contributed by atoms with Gasteiger partial charge in [0.05, 0.1) is 27.6 Å². The first-order chi connectivity index (χ1) is 13.8. The maximum absolute atomic E-state index is 12.9. The number of ether oxygens (including phenoxy) is 1. The van der Waals surface area contributed by atoms with Crippen LogP contribution in [0.1, 0.15) is 29.8 Å². The highest BCUT2D eigenvalue weighted by molar-refractivity contribution is 8.26. The fraction of sp³-hybridized carbons (Fsp3) is 0.333. The van der Waals surface area contributed by atoms with Gasteiger partial charge in [-0.15, -0.1) is 0 Å². The monoisotopic (exact) mass is 466 g/mol. The number of halogens is 2. The first-order valence-corrected chi connectivity index (χ1v) is 11.3. The molecule has 1 amide bonds. The average Bonchev–Trinajstić information content (AvgIpc) is 3.35. The molecule has 0 aliphatic carbocycles. The Morgan fingerprint density at radius 2 is 2.07 bits per heavy atom. The third-order valence-electron chi connectivity index (χ3n) is 5.20. The van der Waals surface area contributed by atoms with Crippen molar-refractivity contribution >= 4 is 63.5 Å². The van der Waals surface area contributed by atoms with Crippen LogP contribution in [-0.2, 0) is 9.53 Å². The van der Waals surface area contributed by atoms with E-state index in [1.807, 2.05) is 32.1 Å². The van der Waals surface area contributed by atoms with Crippen molar-refractivity contribution in [3.05, 3.63) is 56.2 Å². The molecular formula is C21H20Cl2N2O2S2. The van der Waals surface area contributed by atoms with Gasteiger partial charge in [-0.05, 0) is 62.6 Å². The van der Waals surface area contributed by atoms with Crippen molar-refractivity contribution in [3.63, 3.8) is 0 Å². The standard InChI is InChI=1S/C21H20Cl2N2O2S2/c1-12-8-14(13(2)25(12)15-5-6-17(22)18(23)10-15)9-19-20(26)24(21(28)29-19)11-16-4-3-7-27-16/h5-6,8-10,16H,3-4,7,11H2,1-2H3/b19-9-/t16-/m0/s1. The first-order valence-electron chi connectivity index (χ1n) is 9.36. The fourth-order valence-electron chi connectivity index (χ4n) is 3.75. The van der Waals surface area contributed by atoms with E-state index in [1.54, 1.807) is 11.0 Å². The molecule has 0 bridgehead atoms. The van der Waals surface area contributed by atoms with Crippen molar-refractivity contribution in [2.24, 2.45) is 0 Å². The van der Waals surface area contributed by atoms with Crippen molar-refractivity contribution in [2.45, 2.75) is 32.8 Å². The predicted molar refractivity (Wildman–Crippen MR) is 124 cm³/mol. The van der Waals surface area contributed by atoms with Crippen LogP contribution in [0.3, 0.4) is 0 Å². The van der Waals surface area contributed by atoms with Gasteiger partial charge in [-0.3, -0.25) is 9.69 Å². The van der Waals surface area contributed by atoms with Gasteiger partial charge >= 0.3 is 0 Å². The molecule has 2 aliphatic heterocycles. The molecule has 0 saturated carbocycles. The number of rotatable bonds is 4. The van der Waals surface area contributed by atoms with Crippen LogP contribution in [0.4, 0.5) is 0 Å². The third kappa shape index (κ3) is 4.14. The molecule has 1 atom stereocenters. The summed E-state index contributed by atoms with van der Waals surface area (Å²) >= 11 is 19.1. The third-order valence-corrected chi connectivity index (χ3v) is 7.32. The Balaban J connectivity index is 1.62. The number of benzene rings is 1. The van der Waals surface area contributed by atoms with E-state index in [1.165, 1.54) is 11.8 Å².